The maximum atomic E-state index is 12.9. The van der Waals surface area contributed by atoms with E-state index in [1.54, 1.807) is 24.1 Å². The molecular weight excluding hydrogens is 382 g/mol. The van der Waals surface area contributed by atoms with Crippen LogP contribution in [0.25, 0.3) is 0 Å². The summed E-state index contributed by atoms with van der Waals surface area (Å²) in [6, 6.07) is 9.09. The van der Waals surface area contributed by atoms with Crippen LogP contribution in [0.3, 0.4) is 0 Å². The van der Waals surface area contributed by atoms with Gasteiger partial charge in [-0.3, -0.25) is 4.79 Å². The molecule has 0 unspecified atom stereocenters. The van der Waals surface area contributed by atoms with Gasteiger partial charge in [-0.05, 0) is 45.6 Å². The second kappa shape index (κ2) is 9.40. The fourth-order valence-corrected chi connectivity index (χ4v) is 3.59. The van der Waals surface area contributed by atoms with Gasteiger partial charge in [0, 0.05) is 44.0 Å². The van der Waals surface area contributed by atoms with Crippen molar-refractivity contribution < 1.29 is 14.6 Å². The summed E-state index contributed by atoms with van der Waals surface area (Å²) >= 11 is 0. The van der Waals surface area contributed by atoms with Crippen LogP contribution in [0, 0.1) is 6.92 Å². The number of rotatable bonds is 8. The number of aryl methyl sites for hydroxylation is 1. The number of hydrogen-bond donors (Lipinski definition) is 1. The number of aliphatic hydroxyl groups is 1. The highest BCUT2D eigenvalue weighted by molar-refractivity contribution is 5.94. The minimum Gasteiger partial charge on any atom is -0.492 e. The highest BCUT2D eigenvalue weighted by Crippen LogP contribution is 2.27. The second-order valence-corrected chi connectivity index (χ2v) is 8.25. The van der Waals surface area contributed by atoms with E-state index in [4.69, 9.17) is 4.74 Å². The lowest BCUT2D eigenvalue weighted by molar-refractivity contribution is 0.0264. The first-order valence-electron chi connectivity index (χ1n) is 10.1. The molecule has 1 N–H and O–H groups in total. The SMILES string of the molecule is Cc1cc(N2CC[C@](O)(CN(C)C(=O)c3cccc(OCCN(C)C)c3)C2)ncn1. The van der Waals surface area contributed by atoms with E-state index in [0.717, 1.165) is 18.1 Å². The zero-order chi connectivity index (χ0) is 21.7. The first kappa shape index (κ1) is 22.0. The third kappa shape index (κ3) is 5.67. The van der Waals surface area contributed by atoms with E-state index in [1.165, 1.54) is 6.33 Å². The van der Waals surface area contributed by atoms with Crippen molar-refractivity contribution in [2.75, 3.05) is 58.8 Å². The lowest BCUT2D eigenvalue weighted by Gasteiger charge is -2.29. The van der Waals surface area contributed by atoms with Crippen LogP contribution in [0.15, 0.2) is 36.7 Å². The van der Waals surface area contributed by atoms with Crippen LogP contribution in [-0.2, 0) is 0 Å². The summed E-state index contributed by atoms with van der Waals surface area (Å²) in [6.07, 6.45) is 2.10. The first-order chi connectivity index (χ1) is 14.3. The minimum atomic E-state index is -0.983. The fourth-order valence-electron chi connectivity index (χ4n) is 3.59. The Kier molecular flexibility index (Phi) is 6.89. The Hall–Kier alpha value is -2.71. The molecule has 0 aliphatic carbocycles. The molecule has 2 aromatic rings. The van der Waals surface area contributed by atoms with E-state index >= 15 is 0 Å². The van der Waals surface area contributed by atoms with Gasteiger partial charge in [0.1, 0.15) is 30.1 Å². The molecule has 162 valence electrons. The van der Waals surface area contributed by atoms with Gasteiger partial charge in [-0.1, -0.05) is 6.07 Å². The van der Waals surface area contributed by atoms with Crippen LogP contribution in [0.5, 0.6) is 5.75 Å². The normalized spacial score (nSPS) is 18.7. The van der Waals surface area contributed by atoms with E-state index in [2.05, 4.69) is 9.97 Å². The molecule has 0 radical (unpaired) electrons. The summed E-state index contributed by atoms with van der Waals surface area (Å²) in [5.74, 6) is 1.33. The maximum absolute atomic E-state index is 12.9. The predicted molar refractivity (Wildman–Crippen MR) is 116 cm³/mol. The van der Waals surface area contributed by atoms with Crippen LogP contribution in [0.2, 0.25) is 0 Å². The minimum absolute atomic E-state index is 0.141. The van der Waals surface area contributed by atoms with Crippen LogP contribution in [-0.4, -0.2) is 90.3 Å². The molecular formula is C22H31N5O3. The van der Waals surface area contributed by atoms with Gasteiger partial charge in [0.05, 0.1) is 6.54 Å². The third-order valence-electron chi connectivity index (χ3n) is 5.21. The summed E-state index contributed by atoms with van der Waals surface area (Å²) in [6.45, 7) is 4.63. The van der Waals surface area contributed by atoms with Crippen LogP contribution >= 0.6 is 0 Å². The molecule has 0 saturated carbocycles. The standard InChI is InChI=1S/C22H31N5O3/c1-17-12-20(24-16-23-17)27-9-8-22(29,15-27)14-26(4)21(28)18-6-5-7-19(13-18)30-11-10-25(2)3/h5-7,12-13,16,29H,8-11,14-15H2,1-4H3/t22-/m0/s1. The Labute approximate surface area is 178 Å². The van der Waals surface area contributed by atoms with E-state index in [-0.39, 0.29) is 12.5 Å². The number of anilines is 1. The molecule has 1 aromatic heterocycles. The average molecular weight is 414 g/mol. The van der Waals surface area contributed by atoms with E-state index in [1.807, 2.05) is 49.0 Å². The van der Waals surface area contributed by atoms with Gasteiger partial charge in [0.2, 0.25) is 0 Å². The average Bonchev–Trinajstić information content (AvgIpc) is 3.09. The van der Waals surface area contributed by atoms with Crippen molar-refractivity contribution in [2.45, 2.75) is 18.9 Å². The largest absolute Gasteiger partial charge is 0.492 e. The van der Waals surface area contributed by atoms with Crippen molar-refractivity contribution >= 4 is 11.7 Å². The lowest BCUT2D eigenvalue weighted by atomic mass is 10.0. The molecule has 8 heteroatoms. The van der Waals surface area contributed by atoms with Crippen molar-refractivity contribution in [1.82, 2.24) is 19.8 Å². The Morgan fingerprint density at radius 3 is 2.80 bits per heavy atom. The summed E-state index contributed by atoms with van der Waals surface area (Å²) in [7, 11) is 5.69. The summed E-state index contributed by atoms with van der Waals surface area (Å²) < 4.78 is 5.73. The fraction of sp³-hybridized carbons (Fsp3) is 0.500. The maximum Gasteiger partial charge on any atom is 0.253 e. The molecule has 0 spiro atoms. The Bertz CT molecular complexity index is 875. The van der Waals surface area contributed by atoms with E-state index < -0.39 is 5.60 Å². The molecule has 1 aliphatic rings. The van der Waals surface area contributed by atoms with Crippen molar-refractivity contribution in [1.29, 1.82) is 0 Å². The lowest BCUT2D eigenvalue weighted by Crippen LogP contribution is -2.46. The number of ether oxygens (including phenoxy) is 1. The predicted octanol–water partition coefficient (Wildman–Crippen LogP) is 1.44. The molecule has 1 fully saturated rings. The zero-order valence-electron chi connectivity index (χ0n) is 18.2. The molecule has 8 nitrogen and oxygen atoms in total. The third-order valence-corrected chi connectivity index (χ3v) is 5.21. The van der Waals surface area contributed by atoms with Gasteiger partial charge in [-0.15, -0.1) is 0 Å². The molecule has 1 saturated heterocycles. The number of β-amino-alcohol motifs (C(OH)–C–C–N with tert-alkyl or cyclic N) is 1. The number of carbonyl (C=O) groups is 1. The highest BCUT2D eigenvalue weighted by Gasteiger charge is 2.38. The van der Waals surface area contributed by atoms with Crippen LogP contribution < -0.4 is 9.64 Å². The number of benzene rings is 1. The zero-order valence-corrected chi connectivity index (χ0v) is 18.2. The molecule has 2 heterocycles. The quantitative estimate of drug-likeness (QED) is 0.701. The number of likely N-dealkylation sites (N-methyl/N-ethyl adjacent to an activating group) is 2. The number of aromatic nitrogens is 2. The number of amides is 1. The summed E-state index contributed by atoms with van der Waals surface area (Å²) in [4.78, 5) is 27.0. The first-order valence-corrected chi connectivity index (χ1v) is 10.1. The van der Waals surface area contributed by atoms with E-state index in [0.29, 0.717) is 37.4 Å². The van der Waals surface area contributed by atoms with Gasteiger partial charge in [0.25, 0.3) is 5.91 Å². The molecule has 1 amide bonds. The van der Waals surface area contributed by atoms with Gasteiger partial charge < -0.3 is 24.5 Å². The number of carbonyl (C=O) groups excluding carboxylic acids is 1. The molecule has 1 atom stereocenters. The molecule has 30 heavy (non-hydrogen) atoms. The van der Waals surface area contributed by atoms with Crippen molar-refractivity contribution in [3.63, 3.8) is 0 Å². The van der Waals surface area contributed by atoms with Gasteiger partial charge in [-0.2, -0.15) is 0 Å². The second-order valence-electron chi connectivity index (χ2n) is 8.25. The topological polar surface area (TPSA) is 82.0 Å². The van der Waals surface area contributed by atoms with Gasteiger partial charge in [0.15, 0.2) is 0 Å². The Morgan fingerprint density at radius 2 is 2.07 bits per heavy atom. The number of nitrogens with zero attached hydrogens (tertiary/aromatic N) is 5. The van der Waals surface area contributed by atoms with Crippen molar-refractivity contribution in [3.05, 3.63) is 47.9 Å². The highest BCUT2D eigenvalue weighted by atomic mass is 16.5. The van der Waals surface area contributed by atoms with Gasteiger partial charge in [-0.25, -0.2) is 9.97 Å². The molecule has 3 rings (SSSR count). The van der Waals surface area contributed by atoms with E-state index in [9.17, 15) is 9.90 Å². The molecule has 1 aromatic carbocycles. The summed E-state index contributed by atoms with van der Waals surface area (Å²) in [5.41, 5.74) is 0.448. The molecule has 1 aliphatic heterocycles. The Balaban J connectivity index is 1.60. The molecule has 0 bridgehead atoms. The smallest absolute Gasteiger partial charge is 0.253 e. The Morgan fingerprint density at radius 1 is 1.27 bits per heavy atom. The van der Waals surface area contributed by atoms with Gasteiger partial charge >= 0.3 is 0 Å². The van der Waals surface area contributed by atoms with Crippen molar-refractivity contribution in [2.24, 2.45) is 0 Å². The van der Waals surface area contributed by atoms with Crippen LogP contribution in [0.1, 0.15) is 22.5 Å². The number of hydrogen-bond acceptors (Lipinski definition) is 7. The van der Waals surface area contributed by atoms with Crippen molar-refractivity contribution in [3.8, 4) is 5.75 Å². The van der Waals surface area contributed by atoms with Crippen LogP contribution in [0.4, 0.5) is 5.82 Å². The monoisotopic (exact) mass is 413 g/mol. The summed E-state index contributed by atoms with van der Waals surface area (Å²) in [5, 5.41) is 11.1.